The number of rotatable bonds is 8. The molecule has 2 N–H and O–H groups in total. The smallest absolute Gasteiger partial charge is 0.220 e. The minimum Gasteiger partial charge on any atom is -0.356 e. The van der Waals surface area contributed by atoms with Crippen LogP contribution in [0.1, 0.15) is 65.2 Å². The lowest BCUT2D eigenvalue weighted by Crippen LogP contribution is -2.38. The number of carbonyl (C=O) groups excluding carboxylic acids is 1. The highest BCUT2D eigenvalue weighted by atomic mass is 35.5. The van der Waals surface area contributed by atoms with E-state index in [0.29, 0.717) is 18.3 Å². The molecule has 0 aromatic rings. The molecule has 2 saturated heterocycles. The topological polar surface area (TPSA) is 44.4 Å². The zero-order valence-electron chi connectivity index (χ0n) is 16.1. The van der Waals surface area contributed by atoms with Crippen molar-refractivity contribution in [2.24, 2.45) is 11.8 Å². The molecular formula is C19H39Cl2N3O. The number of hydrogen-bond acceptors (Lipinski definition) is 3. The van der Waals surface area contributed by atoms with Crippen LogP contribution in [0.2, 0.25) is 0 Å². The van der Waals surface area contributed by atoms with Crippen molar-refractivity contribution >= 4 is 30.7 Å². The summed E-state index contributed by atoms with van der Waals surface area (Å²) in [7, 11) is 0. The molecule has 6 heteroatoms. The quantitative estimate of drug-likeness (QED) is 0.616. The van der Waals surface area contributed by atoms with E-state index in [1.165, 1.54) is 51.6 Å². The number of nitrogens with one attached hydrogen (secondary N) is 2. The Balaban J connectivity index is 0.00000288. The van der Waals surface area contributed by atoms with E-state index in [-0.39, 0.29) is 30.7 Å². The summed E-state index contributed by atoms with van der Waals surface area (Å²) in [5.74, 6) is 1.42. The van der Waals surface area contributed by atoms with Gasteiger partial charge in [-0.2, -0.15) is 0 Å². The van der Waals surface area contributed by atoms with Crippen LogP contribution in [0.3, 0.4) is 0 Å². The van der Waals surface area contributed by atoms with Crippen LogP contribution in [0.5, 0.6) is 0 Å². The molecule has 0 spiro atoms. The van der Waals surface area contributed by atoms with Crippen LogP contribution in [-0.4, -0.2) is 49.6 Å². The number of unbranched alkanes of at least 4 members (excludes halogenated alkanes) is 1. The predicted molar refractivity (Wildman–Crippen MR) is 111 cm³/mol. The molecule has 0 aromatic heterocycles. The summed E-state index contributed by atoms with van der Waals surface area (Å²) in [5.41, 5.74) is 0. The molecule has 2 aliphatic rings. The second kappa shape index (κ2) is 14.1. The number of amides is 1. The third-order valence-corrected chi connectivity index (χ3v) is 5.78. The van der Waals surface area contributed by atoms with Gasteiger partial charge in [-0.3, -0.25) is 4.79 Å². The highest BCUT2D eigenvalue weighted by Crippen LogP contribution is 2.22. The van der Waals surface area contributed by atoms with Gasteiger partial charge in [-0.25, -0.2) is 0 Å². The van der Waals surface area contributed by atoms with Crippen LogP contribution in [0.25, 0.3) is 0 Å². The van der Waals surface area contributed by atoms with E-state index in [1.54, 1.807) is 0 Å². The number of halogens is 2. The first kappa shape index (κ1) is 25.0. The van der Waals surface area contributed by atoms with Crippen molar-refractivity contribution in [3.8, 4) is 0 Å². The molecule has 2 heterocycles. The molecule has 0 aliphatic carbocycles. The monoisotopic (exact) mass is 395 g/mol. The Hall–Kier alpha value is -0.0300. The molecule has 0 saturated carbocycles. The molecule has 1 amide bonds. The number of likely N-dealkylation sites (tertiary alicyclic amines) is 1. The maximum atomic E-state index is 12.1. The predicted octanol–water partition coefficient (Wildman–Crippen LogP) is 3.63. The van der Waals surface area contributed by atoms with E-state index in [0.717, 1.165) is 32.1 Å². The summed E-state index contributed by atoms with van der Waals surface area (Å²) in [6.45, 7) is 10.1. The van der Waals surface area contributed by atoms with Crippen molar-refractivity contribution in [3.63, 3.8) is 0 Å². The fraction of sp³-hybridized carbons (Fsp3) is 0.947. The molecule has 3 unspecified atom stereocenters. The van der Waals surface area contributed by atoms with Gasteiger partial charge < -0.3 is 15.5 Å². The standard InChI is InChI=1S/C19H37N3O.2ClH/c1-16(18-9-7-10-20-15-18)14-19(23)21-11-4-6-13-22-12-5-3-8-17(22)2;;/h16-18,20H,3-15H2,1-2H3,(H,21,23);2*1H. The van der Waals surface area contributed by atoms with Gasteiger partial charge in [-0.1, -0.05) is 13.3 Å². The zero-order valence-corrected chi connectivity index (χ0v) is 17.7. The summed E-state index contributed by atoms with van der Waals surface area (Å²) in [6.07, 6.45) is 9.62. The van der Waals surface area contributed by atoms with E-state index >= 15 is 0 Å². The van der Waals surface area contributed by atoms with Gasteiger partial charge in [0.25, 0.3) is 0 Å². The lowest BCUT2D eigenvalue weighted by atomic mass is 9.85. The average Bonchev–Trinajstić information content (AvgIpc) is 2.57. The number of nitrogens with zero attached hydrogens (tertiary/aromatic N) is 1. The second-order valence-corrected chi connectivity index (χ2v) is 7.73. The molecule has 0 radical (unpaired) electrons. The van der Waals surface area contributed by atoms with Gasteiger partial charge in [0.2, 0.25) is 5.91 Å². The Bertz CT molecular complexity index is 352. The van der Waals surface area contributed by atoms with Crippen LogP contribution in [0.15, 0.2) is 0 Å². The summed E-state index contributed by atoms with van der Waals surface area (Å²) in [6, 6.07) is 0.753. The third kappa shape index (κ3) is 9.46. The summed E-state index contributed by atoms with van der Waals surface area (Å²) >= 11 is 0. The molecular weight excluding hydrogens is 357 g/mol. The molecule has 2 fully saturated rings. The first-order valence-corrected chi connectivity index (χ1v) is 9.88. The van der Waals surface area contributed by atoms with Gasteiger partial charge in [0.15, 0.2) is 0 Å². The fourth-order valence-corrected chi connectivity index (χ4v) is 4.05. The Labute approximate surface area is 167 Å². The van der Waals surface area contributed by atoms with Crippen LogP contribution in [0, 0.1) is 11.8 Å². The van der Waals surface area contributed by atoms with Crippen molar-refractivity contribution in [2.45, 2.75) is 71.3 Å². The maximum absolute atomic E-state index is 12.1. The third-order valence-electron chi connectivity index (χ3n) is 5.78. The highest BCUT2D eigenvalue weighted by Gasteiger charge is 2.22. The Morgan fingerprint density at radius 3 is 2.68 bits per heavy atom. The zero-order chi connectivity index (χ0) is 16.5. The van der Waals surface area contributed by atoms with Crippen molar-refractivity contribution in [1.29, 1.82) is 0 Å². The van der Waals surface area contributed by atoms with Gasteiger partial charge in [0.05, 0.1) is 0 Å². The molecule has 0 aromatic carbocycles. The summed E-state index contributed by atoms with van der Waals surface area (Å²) < 4.78 is 0. The average molecular weight is 396 g/mol. The SMILES string of the molecule is CC(CC(=O)NCCCCN1CCCCC1C)C1CCCNC1.Cl.Cl. The Kier molecular flexibility index (Phi) is 14.1. The molecule has 3 atom stereocenters. The van der Waals surface area contributed by atoms with Crippen LogP contribution in [-0.2, 0) is 4.79 Å². The Morgan fingerprint density at radius 2 is 2.00 bits per heavy atom. The van der Waals surface area contributed by atoms with Gasteiger partial charge in [0, 0.05) is 19.0 Å². The lowest BCUT2D eigenvalue weighted by Gasteiger charge is -2.33. The van der Waals surface area contributed by atoms with E-state index < -0.39 is 0 Å². The molecule has 150 valence electrons. The highest BCUT2D eigenvalue weighted by molar-refractivity contribution is 5.85. The number of carbonyl (C=O) groups is 1. The first-order chi connectivity index (χ1) is 11.2. The molecule has 0 bridgehead atoms. The van der Waals surface area contributed by atoms with Crippen molar-refractivity contribution < 1.29 is 4.79 Å². The van der Waals surface area contributed by atoms with E-state index in [9.17, 15) is 4.79 Å². The lowest BCUT2D eigenvalue weighted by molar-refractivity contribution is -0.122. The summed E-state index contributed by atoms with van der Waals surface area (Å²) in [4.78, 5) is 14.7. The number of piperidine rings is 2. The van der Waals surface area contributed by atoms with E-state index in [1.807, 2.05) is 0 Å². The van der Waals surface area contributed by atoms with Gasteiger partial charge in [0.1, 0.15) is 0 Å². The van der Waals surface area contributed by atoms with Gasteiger partial charge in [-0.05, 0) is 83.5 Å². The van der Waals surface area contributed by atoms with Crippen molar-refractivity contribution in [3.05, 3.63) is 0 Å². The van der Waals surface area contributed by atoms with Gasteiger partial charge >= 0.3 is 0 Å². The second-order valence-electron chi connectivity index (χ2n) is 7.73. The van der Waals surface area contributed by atoms with Crippen molar-refractivity contribution in [2.75, 3.05) is 32.7 Å². The maximum Gasteiger partial charge on any atom is 0.220 e. The minimum absolute atomic E-state index is 0. The first-order valence-electron chi connectivity index (χ1n) is 9.88. The fourth-order valence-electron chi connectivity index (χ4n) is 4.05. The number of hydrogen-bond donors (Lipinski definition) is 2. The Morgan fingerprint density at radius 1 is 1.20 bits per heavy atom. The molecule has 4 nitrogen and oxygen atoms in total. The molecule has 2 aliphatic heterocycles. The normalized spacial score (nSPS) is 25.4. The van der Waals surface area contributed by atoms with Crippen molar-refractivity contribution in [1.82, 2.24) is 15.5 Å². The summed E-state index contributed by atoms with van der Waals surface area (Å²) in [5, 5.41) is 6.57. The van der Waals surface area contributed by atoms with Crippen LogP contribution in [0.4, 0.5) is 0 Å². The molecule has 2 rings (SSSR count). The van der Waals surface area contributed by atoms with Gasteiger partial charge in [-0.15, -0.1) is 24.8 Å². The van der Waals surface area contributed by atoms with Crippen LogP contribution < -0.4 is 10.6 Å². The molecule has 25 heavy (non-hydrogen) atoms. The van der Waals surface area contributed by atoms with Crippen LogP contribution >= 0.6 is 24.8 Å². The minimum atomic E-state index is 0. The largest absolute Gasteiger partial charge is 0.356 e. The van der Waals surface area contributed by atoms with E-state index in [4.69, 9.17) is 0 Å². The van der Waals surface area contributed by atoms with E-state index in [2.05, 4.69) is 29.4 Å².